The third kappa shape index (κ3) is 5.53. The summed E-state index contributed by atoms with van der Waals surface area (Å²) >= 11 is 13.1. The van der Waals surface area contributed by atoms with Gasteiger partial charge in [0.2, 0.25) is 5.91 Å². The molecule has 0 aliphatic rings. The van der Waals surface area contributed by atoms with E-state index in [1.165, 1.54) is 11.3 Å². The van der Waals surface area contributed by atoms with Crippen LogP contribution in [0.5, 0.6) is 0 Å². The molecule has 8 heteroatoms. The zero-order valence-corrected chi connectivity index (χ0v) is 16.4. The molecule has 3 aromatic rings. The number of aryl methyl sites for hydroxylation is 1. The van der Waals surface area contributed by atoms with E-state index >= 15 is 0 Å². The molecule has 0 saturated carbocycles. The van der Waals surface area contributed by atoms with Gasteiger partial charge in [-0.2, -0.15) is 0 Å². The number of carbonyl (C=O) groups is 2. The minimum absolute atomic E-state index is 0.156. The molecule has 0 fully saturated rings. The van der Waals surface area contributed by atoms with Gasteiger partial charge in [0.1, 0.15) is 0 Å². The number of thiazole rings is 1. The standard InChI is InChI=1S/C19H15Cl2N3O2S/c20-15-8-6-13(10-16(15)21)22-17(25)9-7-14-11-27-19(23-14)24-18(26)12-4-2-1-3-5-12/h1-6,8,10-11H,7,9H2,(H,22,25)(H,23,24,26). The summed E-state index contributed by atoms with van der Waals surface area (Å²) in [7, 11) is 0. The maximum Gasteiger partial charge on any atom is 0.257 e. The number of benzene rings is 2. The second kappa shape index (κ2) is 8.99. The molecule has 0 radical (unpaired) electrons. The Morgan fingerprint density at radius 1 is 1.00 bits per heavy atom. The highest BCUT2D eigenvalue weighted by molar-refractivity contribution is 7.14. The number of anilines is 2. The normalized spacial score (nSPS) is 10.4. The molecule has 2 aromatic carbocycles. The third-order valence-corrected chi connectivity index (χ3v) is 5.17. The van der Waals surface area contributed by atoms with Crippen LogP contribution in [-0.4, -0.2) is 16.8 Å². The highest BCUT2D eigenvalue weighted by atomic mass is 35.5. The largest absolute Gasteiger partial charge is 0.326 e. The maximum absolute atomic E-state index is 12.1. The van der Waals surface area contributed by atoms with E-state index in [0.717, 1.165) is 5.69 Å². The van der Waals surface area contributed by atoms with Crippen LogP contribution in [0.15, 0.2) is 53.9 Å². The van der Waals surface area contributed by atoms with Crippen molar-refractivity contribution in [3.8, 4) is 0 Å². The zero-order chi connectivity index (χ0) is 19.2. The third-order valence-electron chi connectivity index (χ3n) is 3.62. The van der Waals surface area contributed by atoms with Gasteiger partial charge in [0.25, 0.3) is 5.91 Å². The number of aromatic nitrogens is 1. The Bertz CT molecular complexity index is 961. The predicted molar refractivity (Wildman–Crippen MR) is 110 cm³/mol. The molecule has 0 unspecified atom stereocenters. The number of hydrogen-bond donors (Lipinski definition) is 2. The van der Waals surface area contributed by atoms with E-state index in [0.29, 0.717) is 32.8 Å². The van der Waals surface area contributed by atoms with Gasteiger partial charge in [-0.1, -0.05) is 41.4 Å². The molecule has 27 heavy (non-hydrogen) atoms. The van der Waals surface area contributed by atoms with Gasteiger partial charge >= 0.3 is 0 Å². The van der Waals surface area contributed by atoms with Crippen molar-refractivity contribution in [1.82, 2.24) is 4.98 Å². The first-order valence-corrected chi connectivity index (χ1v) is 9.70. The summed E-state index contributed by atoms with van der Waals surface area (Å²) in [6, 6.07) is 13.8. The van der Waals surface area contributed by atoms with Crippen molar-refractivity contribution in [2.45, 2.75) is 12.8 Å². The number of nitrogens with one attached hydrogen (secondary N) is 2. The fourth-order valence-corrected chi connectivity index (χ4v) is 3.31. The van der Waals surface area contributed by atoms with Crippen LogP contribution in [0.1, 0.15) is 22.5 Å². The van der Waals surface area contributed by atoms with Crippen molar-refractivity contribution in [2.24, 2.45) is 0 Å². The molecular weight excluding hydrogens is 405 g/mol. The van der Waals surface area contributed by atoms with Crippen LogP contribution in [-0.2, 0) is 11.2 Å². The van der Waals surface area contributed by atoms with Crippen LogP contribution in [0.3, 0.4) is 0 Å². The van der Waals surface area contributed by atoms with Gasteiger partial charge in [0, 0.05) is 23.1 Å². The first-order valence-electron chi connectivity index (χ1n) is 8.07. The van der Waals surface area contributed by atoms with Gasteiger partial charge in [-0.05, 0) is 36.8 Å². The Morgan fingerprint density at radius 2 is 1.78 bits per heavy atom. The summed E-state index contributed by atoms with van der Waals surface area (Å²) in [6.07, 6.45) is 0.723. The Labute approximate surface area is 170 Å². The molecule has 2 amide bonds. The average Bonchev–Trinajstić information content (AvgIpc) is 3.11. The summed E-state index contributed by atoms with van der Waals surface area (Å²) in [5.41, 5.74) is 1.89. The SMILES string of the molecule is O=C(CCc1csc(NC(=O)c2ccccc2)n1)Nc1ccc(Cl)c(Cl)c1. The number of hydrogen-bond acceptors (Lipinski definition) is 4. The molecule has 3 rings (SSSR count). The molecule has 1 aromatic heterocycles. The molecule has 0 aliphatic carbocycles. The lowest BCUT2D eigenvalue weighted by Crippen LogP contribution is -2.13. The minimum atomic E-state index is -0.214. The van der Waals surface area contributed by atoms with Crippen molar-refractivity contribution < 1.29 is 9.59 Å². The van der Waals surface area contributed by atoms with Crippen LogP contribution in [0.4, 0.5) is 10.8 Å². The Kier molecular flexibility index (Phi) is 6.45. The van der Waals surface area contributed by atoms with Gasteiger partial charge in [0.15, 0.2) is 5.13 Å². The van der Waals surface area contributed by atoms with E-state index in [1.54, 1.807) is 42.5 Å². The Balaban J connectivity index is 1.51. The monoisotopic (exact) mass is 419 g/mol. The Hall–Kier alpha value is -2.41. The van der Waals surface area contributed by atoms with Crippen LogP contribution < -0.4 is 10.6 Å². The topological polar surface area (TPSA) is 71.1 Å². The summed E-state index contributed by atoms with van der Waals surface area (Å²) in [5, 5.41) is 8.67. The first-order chi connectivity index (χ1) is 13.0. The second-order valence-corrected chi connectivity index (χ2v) is 7.31. The molecule has 138 valence electrons. The zero-order valence-electron chi connectivity index (χ0n) is 14.0. The van der Waals surface area contributed by atoms with E-state index in [-0.39, 0.29) is 18.2 Å². The van der Waals surface area contributed by atoms with E-state index in [4.69, 9.17) is 23.2 Å². The molecule has 0 spiro atoms. The lowest BCUT2D eigenvalue weighted by molar-refractivity contribution is -0.116. The van der Waals surface area contributed by atoms with Gasteiger partial charge in [0.05, 0.1) is 15.7 Å². The maximum atomic E-state index is 12.1. The quantitative estimate of drug-likeness (QED) is 0.571. The van der Waals surface area contributed by atoms with Crippen molar-refractivity contribution >= 4 is 57.2 Å². The number of amides is 2. The van der Waals surface area contributed by atoms with Crippen molar-refractivity contribution in [1.29, 1.82) is 0 Å². The van der Waals surface area contributed by atoms with Gasteiger partial charge < -0.3 is 5.32 Å². The predicted octanol–water partition coefficient (Wildman–Crippen LogP) is 5.27. The highest BCUT2D eigenvalue weighted by Gasteiger charge is 2.10. The molecular formula is C19H15Cl2N3O2S. The van der Waals surface area contributed by atoms with E-state index in [1.807, 2.05) is 11.4 Å². The average molecular weight is 420 g/mol. The summed E-state index contributed by atoms with van der Waals surface area (Å²) in [6.45, 7) is 0. The number of carbonyl (C=O) groups excluding carboxylic acids is 2. The van der Waals surface area contributed by atoms with Crippen molar-refractivity contribution in [2.75, 3.05) is 10.6 Å². The molecule has 0 saturated heterocycles. The van der Waals surface area contributed by atoms with E-state index in [2.05, 4.69) is 15.6 Å². The lowest BCUT2D eigenvalue weighted by atomic mass is 10.2. The van der Waals surface area contributed by atoms with Crippen molar-refractivity contribution in [3.63, 3.8) is 0 Å². The number of nitrogens with zero attached hydrogens (tertiary/aromatic N) is 1. The summed E-state index contributed by atoms with van der Waals surface area (Å²) < 4.78 is 0. The van der Waals surface area contributed by atoms with E-state index < -0.39 is 0 Å². The fraction of sp³-hybridized carbons (Fsp3) is 0.105. The molecule has 0 atom stereocenters. The van der Waals surface area contributed by atoms with E-state index in [9.17, 15) is 9.59 Å². The smallest absolute Gasteiger partial charge is 0.257 e. The molecule has 2 N–H and O–H groups in total. The molecule has 0 bridgehead atoms. The molecule has 5 nitrogen and oxygen atoms in total. The van der Waals surface area contributed by atoms with Crippen LogP contribution in [0.25, 0.3) is 0 Å². The highest BCUT2D eigenvalue weighted by Crippen LogP contribution is 2.25. The summed E-state index contributed by atoms with van der Waals surface area (Å²) in [5.74, 6) is -0.370. The Morgan fingerprint density at radius 3 is 2.52 bits per heavy atom. The second-order valence-electron chi connectivity index (χ2n) is 5.64. The minimum Gasteiger partial charge on any atom is -0.326 e. The van der Waals surface area contributed by atoms with Gasteiger partial charge in [-0.15, -0.1) is 11.3 Å². The lowest BCUT2D eigenvalue weighted by Gasteiger charge is -2.05. The van der Waals surface area contributed by atoms with Crippen LogP contribution >= 0.6 is 34.5 Å². The molecule has 0 aliphatic heterocycles. The number of rotatable bonds is 6. The van der Waals surface area contributed by atoms with Crippen LogP contribution in [0, 0.1) is 0 Å². The van der Waals surface area contributed by atoms with Crippen LogP contribution in [0.2, 0.25) is 10.0 Å². The summed E-state index contributed by atoms with van der Waals surface area (Å²) in [4.78, 5) is 28.5. The molecule has 1 heterocycles. The van der Waals surface area contributed by atoms with Gasteiger partial charge in [-0.3, -0.25) is 14.9 Å². The number of halogens is 2. The van der Waals surface area contributed by atoms with Gasteiger partial charge in [-0.25, -0.2) is 4.98 Å². The van der Waals surface area contributed by atoms with Crippen molar-refractivity contribution in [3.05, 3.63) is 75.2 Å². The fourth-order valence-electron chi connectivity index (χ4n) is 2.28. The first kappa shape index (κ1) is 19.4.